The van der Waals surface area contributed by atoms with Gasteiger partial charge >= 0.3 is 0 Å². The van der Waals surface area contributed by atoms with E-state index in [0.29, 0.717) is 5.75 Å². The molecular weight excluding hydrogens is 568 g/mol. The molecule has 3 rings (SSSR count). The summed E-state index contributed by atoms with van der Waals surface area (Å²) in [6.45, 7) is 5.31. The minimum absolute atomic E-state index is 0.0433. The van der Waals surface area contributed by atoms with Crippen molar-refractivity contribution in [3.8, 4) is 18.1 Å². The number of sulfonamides is 1. The van der Waals surface area contributed by atoms with Crippen LogP contribution in [0.2, 0.25) is 0 Å². The van der Waals surface area contributed by atoms with E-state index in [0.717, 1.165) is 31.5 Å². The zero-order valence-corrected chi connectivity index (χ0v) is 26.1. The van der Waals surface area contributed by atoms with Crippen LogP contribution < -0.4 is 10.2 Å². The van der Waals surface area contributed by atoms with Crippen molar-refractivity contribution >= 4 is 21.8 Å². The molecule has 1 saturated heterocycles. The Labute approximate surface area is 256 Å². The molecule has 2 aromatic rings. The van der Waals surface area contributed by atoms with Crippen LogP contribution >= 0.6 is 0 Å². The second-order valence-corrected chi connectivity index (χ2v) is 13.1. The monoisotopic (exact) mass is 612 g/mol. The Bertz CT molecular complexity index is 1320. The molecule has 0 unspecified atom stereocenters. The lowest BCUT2D eigenvalue weighted by Gasteiger charge is -2.37. The molecular formula is C32H44N4O6S. The number of amides is 2. The number of benzene rings is 2. The van der Waals surface area contributed by atoms with Gasteiger partial charge in [0.15, 0.2) is 0 Å². The molecule has 0 saturated carbocycles. The number of hydrazine groups is 1. The number of rotatable bonds is 15. The van der Waals surface area contributed by atoms with Crippen LogP contribution in [-0.2, 0) is 26.0 Å². The van der Waals surface area contributed by atoms with Gasteiger partial charge in [-0.25, -0.2) is 13.4 Å². The molecule has 1 heterocycles. The second-order valence-electron chi connectivity index (χ2n) is 11.2. The van der Waals surface area contributed by atoms with Crippen molar-refractivity contribution in [1.29, 1.82) is 0 Å². The lowest BCUT2D eigenvalue weighted by Crippen LogP contribution is -2.60. The number of nitrogens with one attached hydrogen (secondary N) is 1. The fourth-order valence-corrected chi connectivity index (χ4v) is 6.72. The maximum absolute atomic E-state index is 13.8. The average Bonchev–Trinajstić information content (AvgIpc) is 3.50. The summed E-state index contributed by atoms with van der Waals surface area (Å²) in [5.74, 6) is 2.08. The van der Waals surface area contributed by atoms with Crippen molar-refractivity contribution in [1.82, 2.24) is 19.6 Å². The molecule has 1 aliphatic heterocycles. The van der Waals surface area contributed by atoms with Gasteiger partial charge < -0.3 is 9.84 Å². The minimum Gasteiger partial charge on any atom is -0.497 e. The lowest BCUT2D eigenvalue weighted by molar-refractivity contribution is -0.148. The molecule has 0 aromatic heterocycles. The number of nitrogens with zero attached hydrogens (tertiary/aromatic N) is 3. The molecule has 234 valence electrons. The van der Waals surface area contributed by atoms with Gasteiger partial charge in [0, 0.05) is 25.9 Å². The van der Waals surface area contributed by atoms with Gasteiger partial charge in [-0.05, 0) is 68.1 Å². The fourth-order valence-electron chi connectivity index (χ4n) is 5.10. The number of carbonyl (C=O) groups excluding carboxylic acids is 2. The normalized spacial score (nSPS) is 15.2. The summed E-state index contributed by atoms with van der Waals surface area (Å²) < 4.78 is 34.0. The fraction of sp³-hybridized carbons (Fsp3) is 0.500. The maximum Gasteiger partial charge on any atom is 0.252 e. The quantitative estimate of drug-likeness (QED) is 0.235. The van der Waals surface area contributed by atoms with Gasteiger partial charge in [-0.2, -0.15) is 4.31 Å². The predicted molar refractivity (Wildman–Crippen MR) is 165 cm³/mol. The van der Waals surface area contributed by atoms with Crippen LogP contribution in [0.5, 0.6) is 5.75 Å². The first-order valence-electron chi connectivity index (χ1n) is 14.7. The minimum atomic E-state index is -4.03. The van der Waals surface area contributed by atoms with E-state index < -0.39 is 28.1 Å². The predicted octanol–water partition coefficient (Wildman–Crippen LogP) is 2.68. The van der Waals surface area contributed by atoms with Crippen molar-refractivity contribution in [2.24, 2.45) is 5.92 Å². The Morgan fingerprint density at radius 3 is 2.30 bits per heavy atom. The highest BCUT2D eigenvalue weighted by atomic mass is 32.2. The Hall–Kier alpha value is -3.43. The SMILES string of the molecule is C#CCCC(=O)N(NC(=O)CN1CCCC1)[C@@H](Cc1ccccc1)[C@H](O)CN(CC(C)C)S(=O)(=O)c1ccc(OC)cc1. The highest BCUT2D eigenvalue weighted by Gasteiger charge is 2.36. The second kappa shape index (κ2) is 16.4. The molecule has 1 fully saturated rings. The van der Waals surface area contributed by atoms with Crippen LogP contribution in [0, 0.1) is 18.3 Å². The topological polar surface area (TPSA) is 119 Å². The van der Waals surface area contributed by atoms with E-state index in [-0.39, 0.29) is 55.6 Å². The lowest BCUT2D eigenvalue weighted by atomic mass is 9.99. The number of carbonyl (C=O) groups is 2. The van der Waals surface area contributed by atoms with Gasteiger partial charge in [-0.3, -0.25) is 19.9 Å². The van der Waals surface area contributed by atoms with Gasteiger partial charge in [-0.1, -0.05) is 44.2 Å². The van der Waals surface area contributed by atoms with E-state index in [2.05, 4.69) is 11.3 Å². The largest absolute Gasteiger partial charge is 0.497 e. The van der Waals surface area contributed by atoms with Crippen LogP contribution in [0.3, 0.4) is 0 Å². The van der Waals surface area contributed by atoms with E-state index >= 15 is 0 Å². The first-order valence-corrected chi connectivity index (χ1v) is 16.1. The molecule has 2 aromatic carbocycles. The number of ether oxygens (including phenoxy) is 1. The number of aliphatic hydroxyl groups excluding tert-OH is 1. The Morgan fingerprint density at radius 2 is 1.72 bits per heavy atom. The number of methoxy groups -OCH3 is 1. The van der Waals surface area contributed by atoms with E-state index in [4.69, 9.17) is 11.2 Å². The highest BCUT2D eigenvalue weighted by molar-refractivity contribution is 7.89. The summed E-state index contributed by atoms with van der Waals surface area (Å²) in [7, 11) is -2.53. The van der Waals surface area contributed by atoms with E-state index in [9.17, 15) is 23.1 Å². The molecule has 2 atom stereocenters. The Kier molecular flexibility index (Phi) is 13.0. The first kappa shape index (κ1) is 34.1. The van der Waals surface area contributed by atoms with Crippen LogP contribution in [-0.4, -0.2) is 91.5 Å². The maximum atomic E-state index is 13.8. The summed E-state index contributed by atoms with van der Waals surface area (Å²) in [6.07, 6.45) is 6.36. The van der Waals surface area contributed by atoms with Crippen LogP contribution in [0.4, 0.5) is 0 Å². The third-order valence-electron chi connectivity index (χ3n) is 7.28. The Balaban J connectivity index is 1.96. The van der Waals surface area contributed by atoms with Crippen LogP contribution in [0.25, 0.3) is 0 Å². The zero-order valence-electron chi connectivity index (χ0n) is 25.3. The third-order valence-corrected chi connectivity index (χ3v) is 9.13. The van der Waals surface area contributed by atoms with Gasteiger partial charge in [-0.15, -0.1) is 12.3 Å². The smallest absolute Gasteiger partial charge is 0.252 e. The number of aliphatic hydroxyl groups is 1. The van der Waals surface area contributed by atoms with E-state index in [1.807, 2.05) is 49.1 Å². The van der Waals surface area contributed by atoms with Crippen molar-refractivity contribution in [3.05, 3.63) is 60.2 Å². The van der Waals surface area contributed by atoms with Crippen LogP contribution in [0.15, 0.2) is 59.5 Å². The molecule has 11 heteroatoms. The molecule has 2 amide bonds. The van der Waals surface area contributed by atoms with E-state index in [1.54, 1.807) is 12.1 Å². The van der Waals surface area contributed by atoms with Crippen molar-refractivity contribution in [3.63, 3.8) is 0 Å². The summed E-state index contributed by atoms with van der Waals surface area (Å²) in [5, 5.41) is 12.9. The number of likely N-dealkylation sites (tertiary alicyclic amines) is 1. The third kappa shape index (κ3) is 10.1. The van der Waals surface area contributed by atoms with Gasteiger partial charge in [0.25, 0.3) is 5.91 Å². The van der Waals surface area contributed by atoms with Crippen molar-refractivity contribution in [2.45, 2.75) is 63.0 Å². The molecule has 10 nitrogen and oxygen atoms in total. The molecule has 0 radical (unpaired) electrons. The van der Waals surface area contributed by atoms with Gasteiger partial charge in [0.1, 0.15) is 5.75 Å². The van der Waals surface area contributed by atoms with Crippen molar-refractivity contribution in [2.75, 3.05) is 39.8 Å². The molecule has 0 bridgehead atoms. The molecule has 0 aliphatic carbocycles. The van der Waals surface area contributed by atoms with Crippen LogP contribution in [0.1, 0.15) is 45.1 Å². The Morgan fingerprint density at radius 1 is 1.07 bits per heavy atom. The summed E-state index contributed by atoms with van der Waals surface area (Å²) in [5.41, 5.74) is 3.55. The number of hydrogen-bond donors (Lipinski definition) is 2. The standard InChI is InChI=1S/C32H44N4O6S/c1-5-6-14-32(39)36(33-31(38)24-34-19-10-11-20-34)29(21-26-12-8-7-9-13-26)30(37)23-35(22-25(2)3)43(40,41)28-17-15-27(42-4)16-18-28/h1,7-9,12-13,15-18,25,29-30,37H,6,10-11,14,19-24H2,2-4H3,(H,33,38)/t29-,30+/m0/s1. The van der Waals surface area contributed by atoms with E-state index in [1.165, 1.54) is 28.6 Å². The average molecular weight is 613 g/mol. The van der Waals surface area contributed by atoms with Crippen molar-refractivity contribution < 1.29 is 27.9 Å². The molecule has 43 heavy (non-hydrogen) atoms. The number of hydrogen-bond acceptors (Lipinski definition) is 7. The summed E-state index contributed by atoms with van der Waals surface area (Å²) >= 11 is 0. The molecule has 1 aliphatic rings. The van der Waals surface area contributed by atoms with Gasteiger partial charge in [0.05, 0.1) is 30.7 Å². The highest BCUT2D eigenvalue weighted by Crippen LogP contribution is 2.23. The zero-order chi connectivity index (χ0) is 31.4. The summed E-state index contributed by atoms with van der Waals surface area (Å²) in [6, 6.07) is 14.3. The van der Waals surface area contributed by atoms with Gasteiger partial charge in [0.2, 0.25) is 15.9 Å². The number of terminal acetylenes is 1. The molecule has 0 spiro atoms. The summed E-state index contributed by atoms with van der Waals surface area (Å²) in [4.78, 5) is 28.7. The first-order chi connectivity index (χ1) is 20.5. The molecule has 2 N–H and O–H groups in total.